The van der Waals surface area contributed by atoms with Crippen LogP contribution in [0.4, 0.5) is 0 Å². The van der Waals surface area contributed by atoms with Crippen LogP contribution in [0.15, 0.2) is 0 Å². The Morgan fingerprint density at radius 3 is 3.20 bits per heavy atom. The van der Waals surface area contributed by atoms with Crippen molar-refractivity contribution in [1.82, 2.24) is 10.2 Å². The number of carbonyl (C=O) groups is 1. The molecule has 3 nitrogen and oxygen atoms in total. The van der Waals surface area contributed by atoms with Crippen molar-refractivity contribution in [3.05, 3.63) is 0 Å². The minimum absolute atomic E-state index is 0.299. The molecule has 2 saturated heterocycles. The number of hydrogen-bond donors (Lipinski definition) is 1. The van der Waals surface area contributed by atoms with Crippen LogP contribution >= 0.6 is 0 Å². The van der Waals surface area contributed by atoms with Crippen molar-refractivity contribution in [1.29, 1.82) is 0 Å². The van der Waals surface area contributed by atoms with E-state index >= 15 is 0 Å². The standard InChI is InChI=1S/C12H18N2O/c1-2-3-8-14-11-6-7-13-9-10(11)4-5-12(14)15/h1,10-11,13H,3-9H2. The van der Waals surface area contributed by atoms with E-state index in [4.69, 9.17) is 6.42 Å². The van der Waals surface area contributed by atoms with Crippen molar-refractivity contribution in [3.8, 4) is 12.3 Å². The van der Waals surface area contributed by atoms with Crippen LogP contribution in [-0.4, -0.2) is 36.5 Å². The van der Waals surface area contributed by atoms with E-state index in [1.165, 1.54) is 0 Å². The van der Waals surface area contributed by atoms with E-state index in [1.807, 2.05) is 4.90 Å². The van der Waals surface area contributed by atoms with Crippen LogP contribution in [0, 0.1) is 18.3 Å². The van der Waals surface area contributed by atoms with Gasteiger partial charge in [0.15, 0.2) is 0 Å². The van der Waals surface area contributed by atoms with Crippen molar-refractivity contribution in [2.24, 2.45) is 5.92 Å². The Morgan fingerprint density at radius 2 is 2.40 bits per heavy atom. The third-order valence-corrected chi connectivity index (χ3v) is 3.51. The van der Waals surface area contributed by atoms with Gasteiger partial charge in [0.1, 0.15) is 0 Å². The van der Waals surface area contributed by atoms with Crippen molar-refractivity contribution in [2.45, 2.75) is 31.7 Å². The van der Waals surface area contributed by atoms with Crippen LogP contribution in [0.1, 0.15) is 25.7 Å². The van der Waals surface area contributed by atoms with Gasteiger partial charge in [-0.15, -0.1) is 12.3 Å². The van der Waals surface area contributed by atoms with Gasteiger partial charge in [-0.05, 0) is 31.8 Å². The Balaban J connectivity index is 2.03. The summed E-state index contributed by atoms with van der Waals surface area (Å²) in [5, 5.41) is 3.40. The fraction of sp³-hybridized carbons (Fsp3) is 0.750. The molecular formula is C12H18N2O. The summed E-state index contributed by atoms with van der Waals surface area (Å²) in [5.41, 5.74) is 0. The maximum absolute atomic E-state index is 11.8. The molecule has 0 radical (unpaired) electrons. The molecule has 0 aromatic rings. The number of piperidine rings is 2. The summed E-state index contributed by atoms with van der Waals surface area (Å²) < 4.78 is 0. The molecule has 2 unspecified atom stereocenters. The van der Waals surface area contributed by atoms with Crippen LogP contribution in [0.5, 0.6) is 0 Å². The van der Waals surface area contributed by atoms with Gasteiger partial charge in [0, 0.05) is 25.4 Å². The first-order valence-electron chi connectivity index (χ1n) is 5.76. The molecule has 2 heterocycles. The average molecular weight is 206 g/mol. The summed E-state index contributed by atoms with van der Waals surface area (Å²) in [6, 6.07) is 0.445. The summed E-state index contributed by atoms with van der Waals surface area (Å²) in [4.78, 5) is 13.8. The van der Waals surface area contributed by atoms with Gasteiger partial charge in [0.25, 0.3) is 0 Å². The summed E-state index contributed by atoms with van der Waals surface area (Å²) >= 11 is 0. The average Bonchev–Trinajstić information content (AvgIpc) is 2.28. The van der Waals surface area contributed by atoms with Crippen LogP contribution in [0.3, 0.4) is 0 Å². The number of nitrogens with zero attached hydrogens (tertiary/aromatic N) is 1. The summed E-state index contributed by atoms with van der Waals surface area (Å²) in [5.74, 6) is 3.57. The van der Waals surface area contributed by atoms with E-state index < -0.39 is 0 Å². The minimum atomic E-state index is 0.299. The van der Waals surface area contributed by atoms with Crippen molar-refractivity contribution < 1.29 is 4.79 Å². The minimum Gasteiger partial charge on any atom is -0.338 e. The van der Waals surface area contributed by atoms with Gasteiger partial charge in [0.2, 0.25) is 5.91 Å². The molecule has 0 aromatic carbocycles. The third-order valence-electron chi connectivity index (χ3n) is 3.51. The number of rotatable bonds is 2. The molecule has 2 rings (SSSR count). The number of amides is 1. The number of terminal acetylenes is 1. The van der Waals surface area contributed by atoms with E-state index in [-0.39, 0.29) is 0 Å². The lowest BCUT2D eigenvalue weighted by molar-refractivity contribution is -0.139. The predicted molar refractivity (Wildman–Crippen MR) is 59.2 cm³/mol. The van der Waals surface area contributed by atoms with E-state index in [0.29, 0.717) is 30.7 Å². The summed E-state index contributed by atoms with van der Waals surface area (Å²) in [6.45, 7) is 2.84. The van der Waals surface area contributed by atoms with Crippen LogP contribution in [0.25, 0.3) is 0 Å². The van der Waals surface area contributed by atoms with Gasteiger partial charge in [-0.2, -0.15) is 0 Å². The zero-order chi connectivity index (χ0) is 10.7. The lowest BCUT2D eigenvalue weighted by Gasteiger charge is -2.44. The van der Waals surface area contributed by atoms with Crippen LogP contribution in [-0.2, 0) is 4.79 Å². The highest BCUT2D eigenvalue weighted by molar-refractivity contribution is 5.77. The zero-order valence-electron chi connectivity index (χ0n) is 9.04. The highest BCUT2D eigenvalue weighted by Crippen LogP contribution is 2.28. The first-order chi connectivity index (χ1) is 7.33. The third kappa shape index (κ3) is 2.15. The molecule has 1 N–H and O–H groups in total. The van der Waals surface area contributed by atoms with Gasteiger partial charge in [-0.3, -0.25) is 4.79 Å². The van der Waals surface area contributed by atoms with Gasteiger partial charge in [-0.25, -0.2) is 0 Å². The highest BCUT2D eigenvalue weighted by Gasteiger charge is 2.36. The molecular weight excluding hydrogens is 188 g/mol. The maximum Gasteiger partial charge on any atom is 0.222 e. The number of fused-ring (bicyclic) bond motifs is 1. The van der Waals surface area contributed by atoms with Crippen LogP contribution in [0.2, 0.25) is 0 Å². The van der Waals surface area contributed by atoms with Gasteiger partial charge in [-0.1, -0.05) is 0 Å². The summed E-state index contributed by atoms with van der Waals surface area (Å²) in [7, 11) is 0. The fourth-order valence-corrected chi connectivity index (χ4v) is 2.73. The summed E-state index contributed by atoms with van der Waals surface area (Å²) in [6.07, 6.45) is 8.77. The molecule has 15 heavy (non-hydrogen) atoms. The molecule has 0 aromatic heterocycles. The largest absolute Gasteiger partial charge is 0.338 e. The fourth-order valence-electron chi connectivity index (χ4n) is 2.73. The highest BCUT2D eigenvalue weighted by atomic mass is 16.2. The number of carbonyl (C=O) groups excluding carboxylic acids is 1. The Bertz CT molecular complexity index is 282. The molecule has 0 saturated carbocycles. The predicted octanol–water partition coefficient (Wildman–Crippen LogP) is 0.610. The van der Waals surface area contributed by atoms with E-state index in [2.05, 4.69) is 11.2 Å². The lowest BCUT2D eigenvalue weighted by atomic mass is 9.84. The Hall–Kier alpha value is -1.01. The van der Waals surface area contributed by atoms with Gasteiger partial charge < -0.3 is 10.2 Å². The molecule has 3 heteroatoms. The first-order valence-corrected chi connectivity index (χ1v) is 5.76. The van der Waals surface area contributed by atoms with E-state index in [9.17, 15) is 4.79 Å². The van der Waals surface area contributed by atoms with Crippen molar-refractivity contribution in [2.75, 3.05) is 19.6 Å². The molecule has 2 atom stereocenters. The Kier molecular flexibility index (Phi) is 3.27. The van der Waals surface area contributed by atoms with Crippen molar-refractivity contribution in [3.63, 3.8) is 0 Å². The monoisotopic (exact) mass is 206 g/mol. The number of nitrogens with one attached hydrogen (secondary N) is 1. The molecule has 0 spiro atoms. The normalized spacial score (nSPS) is 30.9. The zero-order valence-corrected chi connectivity index (χ0v) is 9.04. The molecule has 2 aliphatic rings. The maximum atomic E-state index is 11.8. The Labute approximate surface area is 91.2 Å². The first kappa shape index (κ1) is 10.5. The molecule has 82 valence electrons. The topological polar surface area (TPSA) is 32.3 Å². The van der Waals surface area contributed by atoms with E-state index in [1.54, 1.807) is 0 Å². The van der Waals surface area contributed by atoms with Gasteiger partial charge in [0.05, 0.1) is 0 Å². The smallest absolute Gasteiger partial charge is 0.222 e. The SMILES string of the molecule is C#CCCN1C(=O)CCC2CNCCC21. The van der Waals surface area contributed by atoms with Gasteiger partial charge >= 0.3 is 0 Å². The second-order valence-electron chi connectivity index (χ2n) is 4.40. The van der Waals surface area contributed by atoms with E-state index in [0.717, 1.165) is 32.5 Å². The molecule has 0 aliphatic carbocycles. The quantitative estimate of drug-likeness (QED) is 0.671. The molecule has 2 fully saturated rings. The molecule has 0 bridgehead atoms. The molecule has 2 aliphatic heterocycles. The second kappa shape index (κ2) is 4.67. The molecule has 1 amide bonds. The Morgan fingerprint density at radius 1 is 1.53 bits per heavy atom. The number of likely N-dealkylation sites (tertiary alicyclic amines) is 1. The second-order valence-corrected chi connectivity index (χ2v) is 4.40. The lowest BCUT2D eigenvalue weighted by Crippen LogP contribution is -2.55. The van der Waals surface area contributed by atoms with Crippen molar-refractivity contribution >= 4 is 5.91 Å². The van der Waals surface area contributed by atoms with Crippen LogP contribution < -0.4 is 5.32 Å². The number of hydrogen-bond acceptors (Lipinski definition) is 2.